The number of anilines is 1. The van der Waals surface area contributed by atoms with Crippen LogP contribution in [0.2, 0.25) is 5.02 Å². The molecule has 2 amide bonds. The van der Waals surface area contributed by atoms with Gasteiger partial charge in [-0.05, 0) is 57.0 Å². The van der Waals surface area contributed by atoms with E-state index in [-0.39, 0.29) is 33.9 Å². The van der Waals surface area contributed by atoms with Crippen molar-refractivity contribution in [3.05, 3.63) is 50.6 Å². The molecule has 3 N–H and O–H groups in total. The summed E-state index contributed by atoms with van der Waals surface area (Å²) in [4.78, 5) is 37.2. The lowest BCUT2D eigenvalue weighted by Gasteiger charge is -2.10. The molecule has 0 bridgehead atoms. The monoisotopic (exact) mass is 551 g/mol. The second-order valence-electron chi connectivity index (χ2n) is 8.07. The van der Waals surface area contributed by atoms with Gasteiger partial charge in [0.15, 0.2) is 11.0 Å². The first-order valence-electron chi connectivity index (χ1n) is 10.8. The third-order valence-electron chi connectivity index (χ3n) is 4.92. The summed E-state index contributed by atoms with van der Waals surface area (Å²) in [6.07, 6.45) is -0.370. The lowest BCUT2D eigenvalue weighted by Crippen LogP contribution is -2.18. The molecule has 0 aliphatic heterocycles. The molecule has 2 heterocycles. The molecule has 3 rings (SSSR count). The van der Waals surface area contributed by atoms with Crippen molar-refractivity contribution in [3.8, 4) is 5.75 Å². The fourth-order valence-electron chi connectivity index (χ4n) is 3.16. The van der Waals surface area contributed by atoms with Crippen molar-refractivity contribution < 1.29 is 23.9 Å². The van der Waals surface area contributed by atoms with Gasteiger partial charge in [0.05, 0.1) is 22.3 Å². The standard InChI is InChI=1S/C23H26ClN5O5S2/c1-11(2)34-22(32)18-13(4)19(20(25)31)36-21(18)26-17(30)10-35-23-28-27-16(29(23)5)9-33-15-7-6-14(24)8-12(15)3/h6-8,11H,9-10H2,1-5H3,(H2,25,31)(H,26,30). The van der Waals surface area contributed by atoms with E-state index >= 15 is 0 Å². The number of thiophene rings is 1. The molecule has 0 fully saturated rings. The molecule has 0 radical (unpaired) electrons. The van der Waals surface area contributed by atoms with E-state index in [9.17, 15) is 14.4 Å². The normalized spacial score (nSPS) is 11.0. The third-order valence-corrected chi connectivity index (χ3v) is 7.40. The molecule has 0 saturated heterocycles. The second-order valence-corrected chi connectivity index (χ2v) is 10.5. The number of amides is 2. The van der Waals surface area contributed by atoms with Crippen molar-refractivity contribution in [1.29, 1.82) is 0 Å². The van der Waals surface area contributed by atoms with Crippen LogP contribution in [-0.2, 0) is 23.2 Å². The maximum absolute atomic E-state index is 12.7. The van der Waals surface area contributed by atoms with Crippen molar-refractivity contribution in [1.82, 2.24) is 14.8 Å². The van der Waals surface area contributed by atoms with Crippen molar-refractivity contribution in [2.75, 3.05) is 11.1 Å². The maximum atomic E-state index is 12.7. The van der Waals surface area contributed by atoms with Crippen LogP contribution in [0.4, 0.5) is 5.00 Å². The Morgan fingerprint density at radius 2 is 1.97 bits per heavy atom. The number of rotatable bonds is 10. The van der Waals surface area contributed by atoms with Gasteiger partial charge in [0.2, 0.25) is 5.91 Å². The molecule has 13 heteroatoms. The Morgan fingerprint density at radius 1 is 1.25 bits per heavy atom. The number of thioether (sulfide) groups is 1. The number of ether oxygens (including phenoxy) is 2. The fourth-order valence-corrected chi connectivity index (χ4v) is 5.18. The van der Waals surface area contributed by atoms with Crippen molar-refractivity contribution in [2.24, 2.45) is 12.8 Å². The molecule has 1 aromatic carbocycles. The zero-order chi connectivity index (χ0) is 26.6. The van der Waals surface area contributed by atoms with Crippen LogP contribution in [-0.4, -0.2) is 44.4 Å². The van der Waals surface area contributed by atoms with Crippen LogP contribution >= 0.6 is 34.7 Å². The molecule has 0 atom stereocenters. The number of nitrogens with two attached hydrogens (primary N) is 1. The number of carbonyl (C=O) groups excluding carboxylic acids is 3. The first-order valence-corrected chi connectivity index (χ1v) is 13.0. The predicted octanol–water partition coefficient (Wildman–Crippen LogP) is 4.12. The van der Waals surface area contributed by atoms with Crippen LogP contribution in [0.1, 0.15) is 50.8 Å². The summed E-state index contributed by atoms with van der Waals surface area (Å²) in [7, 11) is 1.77. The Balaban J connectivity index is 1.65. The number of nitrogens with one attached hydrogen (secondary N) is 1. The topological polar surface area (TPSA) is 138 Å². The summed E-state index contributed by atoms with van der Waals surface area (Å²) in [5.74, 6) is -0.467. The highest BCUT2D eigenvalue weighted by atomic mass is 35.5. The second kappa shape index (κ2) is 11.8. The van der Waals surface area contributed by atoms with E-state index in [1.54, 1.807) is 44.5 Å². The number of hydrogen-bond acceptors (Lipinski definition) is 9. The first-order chi connectivity index (χ1) is 17.0. The van der Waals surface area contributed by atoms with E-state index in [0.717, 1.165) is 16.9 Å². The lowest BCUT2D eigenvalue weighted by molar-refractivity contribution is -0.113. The summed E-state index contributed by atoms with van der Waals surface area (Å²) in [5, 5.41) is 12.3. The van der Waals surface area contributed by atoms with E-state index < -0.39 is 17.8 Å². The van der Waals surface area contributed by atoms with Crippen LogP contribution in [0.25, 0.3) is 0 Å². The molecule has 0 aliphatic carbocycles. The van der Waals surface area contributed by atoms with Crippen LogP contribution in [0.15, 0.2) is 23.4 Å². The van der Waals surface area contributed by atoms with E-state index in [0.29, 0.717) is 27.3 Å². The van der Waals surface area contributed by atoms with Crippen LogP contribution in [0.5, 0.6) is 5.75 Å². The number of primary amides is 1. The van der Waals surface area contributed by atoms with Gasteiger partial charge in [-0.1, -0.05) is 23.4 Å². The molecule has 2 aromatic heterocycles. The molecule has 0 saturated carbocycles. The summed E-state index contributed by atoms with van der Waals surface area (Å²) in [6.45, 7) is 7.09. The molecule has 0 unspecified atom stereocenters. The summed E-state index contributed by atoms with van der Waals surface area (Å²) in [5.41, 5.74) is 6.82. The molecule has 192 valence electrons. The molecule has 10 nitrogen and oxygen atoms in total. The van der Waals surface area contributed by atoms with Crippen molar-refractivity contribution >= 4 is 57.5 Å². The van der Waals surface area contributed by atoms with E-state index in [4.69, 9.17) is 26.8 Å². The number of carbonyl (C=O) groups is 3. The average Bonchev–Trinajstić information content (AvgIpc) is 3.30. The van der Waals surface area contributed by atoms with Gasteiger partial charge in [-0.25, -0.2) is 4.79 Å². The van der Waals surface area contributed by atoms with Gasteiger partial charge >= 0.3 is 5.97 Å². The van der Waals surface area contributed by atoms with Gasteiger partial charge in [0.1, 0.15) is 17.4 Å². The predicted molar refractivity (Wildman–Crippen MR) is 139 cm³/mol. The van der Waals surface area contributed by atoms with Gasteiger partial charge in [0.25, 0.3) is 5.91 Å². The third kappa shape index (κ3) is 6.56. The highest BCUT2D eigenvalue weighted by Crippen LogP contribution is 2.34. The highest BCUT2D eigenvalue weighted by molar-refractivity contribution is 7.99. The summed E-state index contributed by atoms with van der Waals surface area (Å²) in [6, 6.07) is 5.34. The largest absolute Gasteiger partial charge is 0.485 e. The van der Waals surface area contributed by atoms with E-state index in [1.165, 1.54) is 11.8 Å². The first kappa shape index (κ1) is 27.5. The van der Waals surface area contributed by atoms with Crippen LogP contribution in [0, 0.1) is 13.8 Å². The van der Waals surface area contributed by atoms with Gasteiger partial charge in [-0.3, -0.25) is 9.59 Å². The lowest BCUT2D eigenvalue weighted by atomic mass is 10.1. The fraction of sp³-hybridized carbons (Fsp3) is 0.348. The zero-order valence-electron chi connectivity index (χ0n) is 20.4. The SMILES string of the molecule is Cc1cc(Cl)ccc1OCc1nnc(SCC(=O)Nc2sc(C(N)=O)c(C)c2C(=O)OC(C)C)n1C. The number of nitrogens with zero attached hydrogens (tertiary/aromatic N) is 3. The van der Waals surface area contributed by atoms with Gasteiger partial charge in [0, 0.05) is 12.1 Å². The Labute approximate surface area is 221 Å². The Morgan fingerprint density at radius 3 is 2.61 bits per heavy atom. The number of aromatic nitrogens is 3. The Hall–Kier alpha value is -3.09. The molecule has 3 aromatic rings. The number of benzene rings is 1. The van der Waals surface area contributed by atoms with Gasteiger partial charge < -0.3 is 25.1 Å². The zero-order valence-corrected chi connectivity index (χ0v) is 22.8. The number of hydrogen-bond donors (Lipinski definition) is 2. The summed E-state index contributed by atoms with van der Waals surface area (Å²) >= 11 is 8.08. The Bertz CT molecular complexity index is 1300. The van der Waals surface area contributed by atoms with Crippen LogP contribution in [0.3, 0.4) is 0 Å². The quantitative estimate of drug-likeness (QED) is 0.283. The van der Waals surface area contributed by atoms with Crippen molar-refractivity contribution in [3.63, 3.8) is 0 Å². The minimum absolute atomic E-state index is 0.00928. The number of esters is 1. The minimum atomic E-state index is -0.686. The molecular weight excluding hydrogens is 526 g/mol. The maximum Gasteiger partial charge on any atom is 0.341 e. The smallest absolute Gasteiger partial charge is 0.341 e. The highest BCUT2D eigenvalue weighted by Gasteiger charge is 2.26. The van der Waals surface area contributed by atoms with Gasteiger partial charge in [-0.2, -0.15) is 0 Å². The molecule has 0 spiro atoms. The van der Waals surface area contributed by atoms with Crippen molar-refractivity contribution in [2.45, 2.75) is 45.6 Å². The molecular formula is C23H26ClN5O5S2. The molecule has 36 heavy (non-hydrogen) atoms. The van der Waals surface area contributed by atoms with E-state index in [1.807, 2.05) is 13.0 Å². The molecule has 0 aliphatic rings. The van der Waals surface area contributed by atoms with Crippen LogP contribution < -0.4 is 15.8 Å². The average molecular weight is 552 g/mol. The minimum Gasteiger partial charge on any atom is -0.485 e. The van der Waals surface area contributed by atoms with Gasteiger partial charge in [-0.15, -0.1) is 21.5 Å². The van der Waals surface area contributed by atoms with E-state index in [2.05, 4.69) is 15.5 Å². The number of halogens is 1. The Kier molecular flexibility index (Phi) is 8.98. The number of aryl methyl sites for hydroxylation is 1. The summed E-state index contributed by atoms with van der Waals surface area (Å²) < 4.78 is 12.8.